The number of carboxylic acids is 1. The van der Waals surface area contributed by atoms with Crippen LogP contribution in [0.15, 0.2) is 36.7 Å². The Hall–Kier alpha value is -2.83. The van der Waals surface area contributed by atoms with Crippen LogP contribution >= 0.6 is 0 Å². The lowest BCUT2D eigenvalue weighted by Gasteiger charge is -2.04. The number of halogens is 2. The monoisotopic (exact) mass is 289 g/mol. The molecule has 21 heavy (non-hydrogen) atoms. The van der Waals surface area contributed by atoms with E-state index in [2.05, 4.69) is 10.1 Å². The lowest BCUT2D eigenvalue weighted by Crippen LogP contribution is -2.09. The summed E-state index contributed by atoms with van der Waals surface area (Å²) < 4.78 is 27.5. The van der Waals surface area contributed by atoms with E-state index in [4.69, 9.17) is 5.11 Å². The second-order valence-electron chi connectivity index (χ2n) is 4.45. The number of aromatic nitrogens is 3. The van der Waals surface area contributed by atoms with E-state index in [1.165, 1.54) is 23.1 Å². The van der Waals surface area contributed by atoms with E-state index in [0.717, 1.165) is 12.1 Å². The highest BCUT2D eigenvalue weighted by Crippen LogP contribution is 2.24. The van der Waals surface area contributed by atoms with E-state index in [9.17, 15) is 13.6 Å². The predicted molar refractivity (Wildman–Crippen MR) is 70.5 cm³/mol. The van der Waals surface area contributed by atoms with Gasteiger partial charge in [-0.15, -0.1) is 0 Å². The van der Waals surface area contributed by atoms with Gasteiger partial charge in [0.1, 0.15) is 12.1 Å². The number of nitrogens with zero attached hydrogens (tertiary/aromatic N) is 3. The zero-order chi connectivity index (χ0) is 15.0. The molecule has 0 amide bonds. The van der Waals surface area contributed by atoms with Gasteiger partial charge in [0.25, 0.3) is 0 Å². The Morgan fingerprint density at radius 2 is 1.95 bits per heavy atom. The molecule has 0 saturated heterocycles. The standard InChI is InChI=1S/C14H9F2N3O2/c15-10-2-1-8(3-11(10)16)9-4-13-12(17-5-9)6-18-19(13)7-14(20)21/h1-6H,7H2,(H,20,21). The van der Waals surface area contributed by atoms with E-state index in [-0.39, 0.29) is 6.54 Å². The molecule has 0 aliphatic carbocycles. The van der Waals surface area contributed by atoms with Crippen molar-refractivity contribution in [2.24, 2.45) is 0 Å². The molecule has 2 heterocycles. The molecule has 3 rings (SSSR count). The number of aliphatic carboxylic acids is 1. The van der Waals surface area contributed by atoms with Crippen LogP contribution in [0.5, 0.6) is 0 Å². The molecule has 5 nitrogen and oxygen atoms in total. The summed E-state index contributed by atoms with van der Waals surface area (Å²) >= 11 is 0. The van der Waals surface area contributed by atoms with Gasteiger partial charge in [-0.2, -0.15) is 5.10 Å². The van der Waals surface area contributed by atoms with Crippen molar-refractivity contribution in [1.29, 1.82) is 0 Å². The first kappa shape index (κ1) is 13.2. The first-order chi connectivity index (χ1) is 10.0. The Bertz CT molecular complexity index is 845. The van der Waals surface area contributed by atoms with Crippen LogP contribution in [-0.2, 0) is 11.3 Å². The Morgan fingerprint density at radius 1 is 1.14 bits per heavy atom. The highest BCUT2D eigenvalue weighted by atomic mass is 19.2. The fourth-order valence-corrected chi connectivity index (χ4v) is 2.04. The van der Waals surface area contributed by atoms with Gasteiger partial charge < -0.3 is 5.11 Å². The number of carboxylic acid groups (broad SMARTS) is 1. The maximum atomic E-state index is 13.3. The molecular formula is C14H9F2N3O2. The molecule has 2 aromatic heterocycles. The molecule has 106 valence electrons. The molecule has 3 aromatic rings. The van der Waals surface area contributed by atoms with Crippen LogP contribution in [0.25, 0.3) is 22.2 Å². The van der Waals surface area contributed by atoms with Crippen LogP contribution in [-0.4, -0.2) is 25.8 Å². The maximum absolute atomic E-state index is 13.3. The number of rotatable bonds is 3. The molecule has 1 aromatic carbocycles. The van der Waals surface area contributed by atoms with Crippen molar-refractivity contribution in [3.63, 3.8) is 0 Å². The summed E-state index contributed by atoms with van der Waals surface area (Å²) in [5, 5.41) is 12.8. The van der Waals surface area contributed by atoms with Gasteiger partial charge >= 0.3 is 5.97 Å². The summed E-state index contributed by atoms with van der Waals surface area (Å²) in [4.78, 5) is 14.9. The fraction of sp³-hybridized carbons (Fsp3) is 0.0714. The molecule has 0 saturated carbocycles. The highest BCUT2D eigenvalue weighted by Gasteiger charge is 2.10. The van der Waals surface area contributed by atoms with Crippen molar-refractivity contribution >= 4 is 17.0 Å². The Morgan fingerprint density at radius 3 is 2.67 bits per heavy atom. The van der Waals surface area contributed by atoms with Gasteiger partial charge in [0.2, 0.25) is 0 Å². The minimum absolute atomic E-state index is 0.299. The largest absolute Gasteiger partial charge is 0.480 e. The zero-order valence-corrected chi connectivity index (χ0v) is 10.6. The molecule has 0 fully saturated rings. The third-order valence-corrected chi connectivity index (χ3v) is 3.03. The summed E-state index contributed by atoms with van der Waals surface area (Å²) in [6, 6.07) is 5.17. The first-order valence-corrected chi connectivity index (χ1v) is 6.03. The summed E-state index contributed by atoms with van der Waals surface area (Å²) in [7, 11) is 0. The predicted octanol–water partition coefficient (Wildman–Crippen LogP) is 2.46. The normalized spacial score (nSPS) is 11.0. The minimum atomic E-state index is -1.03. The second-order valence-corrected chi connectivity index (χ2v) is 4.45. The number of benzene rings is 1. The van der Waals surface area contributed by atoms with Crippen LogP contribution in [0.4, 0.5) is 8.78 Å². The van der Waals surface area contributed by atoms with E-state index >= 15 is 0 Å². The van der Waals surface area contributed by atoms with Gasteiger partial charge in [-0.05, 0) is 23.8 Å². The summed E-state index contributed by atoms with van der Waals surface area (Å²) in [6.07, 6.45) is 2.95. The van der Waals surface area contributed by atoms with Crippen molar-refractivity contribution in [3.8, 4) is 11.1 Å². The quantitative estimate of drug-likeness (QED) is 0.804. The van der Waals surface area contributed by atoms with Crippen LogP contribution < -0.4 is 0 Å². The van der Waals surface area contributed by atoms with Gasteiger partial charge in [-0.1, -0.05) is 6.07 Å². The SMILES string of the molecule is O=C(O)Cn1ncc2ncc(-c3ccc(F)c(F)c3)cc21. The molecule has 1 N–H and O–H groups in total. The van der Waals surface area contributed by atoms with Gasteiger partial charge in [-0.3, -0.25) is 14.5 Å². The fourth-order valence-electron chi connectivity index (χ4n) is 2.04. The van der Waals surface area contributed by atoms with Crippen LogP contribution in [0.2, 0.25) is 0 Å². The van der Waals surface area contributed by atoms with Gasteiger partial charge in [0.05, 0.1) is 11.7 Å². The van der Waals surface area contributed by atoms with Crippen LogP contribution in [0.3, 0.4) is 0 Å². The lowest BCUT2D eigenvalue weighted by atomic mass is 10.1. The smallest absolute Gasteiger partial charge is 0.325 e. The van der Waals surface area contributed by atoms with Gasteiger partial charge in [0.15, 0.2) is 11.6 Å². The minimum Gasteiger partial charge on any atom is -0.480 e. The van der Waals surface area contributed by atoms with Crippen molar-refractivity contribution in [2.45, 2.75) is 6.54 Å². The molecule has 7 heteroatoms. The number of fused-ring (bicyclic) bond motifs is 1. The number of hydrogen-bond acceptors (Lipinski definition) is 3. The van der Waals surface area contributed by atoms with Gasteiger partial charge in [0, 0.05) is 11.8 Å². The van der Waals surface area contributed by atoms with Crippen molar-refractivity contribution in [2.75, 3.05) is 0 Å². The van der Waals surface area contributed by atoms with E-state index < -0.39 is 17.6 Å². The number of pyridine rings is 1. The van der Waals surface area contributed by atoms with Crippen molar-refractivity contribution in [3.05, 3.63) is 48.3 Å². The Balaban J connectivity index is 2.10. The topological polar surface area (TPSA) is 68.0 Å². The average molecular weight is 289 g/mol. The molecule has 0 spiro atoms. The molecule has 0 radical (unpaired) electrons. The zero-order valence-electron chi connectivity index (χ0n) is 10.6. The average Bonchev–Trinajstić information content (AvgIpc) is 2.84. The van der Waals surface area contributed by atoms with Crippen LogP contribution in [0.1, 0.15) is 0 Å². The molecule has 0 aliphatic heterocycles. The summed E-state index contributed by atoms with van der Waals surface area (Å²) in [5.41, 5.74) is 2.04. The van der Waals surface area contributed by atoms with Gasteiger partial charge in [-0.25, -0.2) is 8.78 Å². The summed E-state index contributed by atoms with van der Waals surface area (Å²) in [6.45, 7) is -0.299. The lowest BCUT2D eigenvalue weighted by molar-refractivity contribution is -0.137. The molecular weight excluding hydrogens is 280 g/mol. The van der Waals surface area contributed by atoms with Crippen molar-refractivity contribution in [1.82, 2.24) is 14.8 Å². The third kappa shape index (κ3) is 2.45. The maximum Gasteiger partial charge on any atom is 0.325 e. The second kappa shape index (κ2) is 4.93. The number of hydrogen-bond donors (Lipinski definition) is 1. The highest BCUT2D eigenvalue weighted by molar-refractivity contribution is 5.81. The summed E-state index contributed by atoms with van der Waals surface area (Å²) in [5.74, 6) is -2.91. The molecule has 0 unspecified atom stereocenters. The Kier molecular flexibility index (Phi) is 3.09. The molecule has 0 aliphatic rings. The Labute approximate surface area is 117 Å². The van der Waals surface area contributed by atoms with E-state index in [1.807, 2.05) is 0 Å². The molecule has 0 bridgehead atoms. The number of carbonyl (C=O) groups is 1. The van der Waals surface area contributed by atoms with Crippen molar-refractivity contribution < 1.29 is 18.7 Å². The van der Waals surface area contributed by atoms with Crippen LogP contribution in [0, 0.1) is 11.6 Å². The van der Waals surface area contributed by atoms with E-state index in [1.54, 1.807) is 6.07 Å². The molecule has 0 atom stereocenters. The first-order valence-electron chi connectivity index (χ1n) is 6.03. The van der Waals surface area contributed by atoms with E-state index in [0.29, 0.717) is 22.2 Å². The third-order valence-electron chi connectivity index (χ3n) is 3.03.